The van der Waals surface area contributed by atoms with Gasteiger partial charge in [-0.25, -0.2) is 0 Å². The summed E-state index contributed by atoms with van der Waals surface area (Å²) >= 11 is 3.61. The fraction of sp³-hybridized carbons (Fsp3) is 0.500. The Labute approximate surface area is 137 Å². The predicted molar refractivity (Wildman–Crippen MR) is 83.7 cm³/mol. The first kappa shape index (κ1) is 15.3. The van der Waals surface area contributed by atoms with Crippen LogP contribution in [0.3, 0.4) is 0 Å². The molecule has 6 heteroatoms. The lowest BCUT2D eigenvalue weighted by molar-refractivity contribution is -0.155. The van der Waals surface area contributed by atoms with Gasteiger partial charge in [0.15, 0.2) is 0 Å². The Hall–Kier alpha value is -1.56. The van der Waals surface area contributed by atoms with Gasteiger partial charge in [0, 0.05) is 13.5 Å². The number of hydrogen-bond acceptors (Lipinski definition) is 4. The summed E-state index contributed by atoms with van der Waals surface area (Å²) in [6.07, 6.45) is 0.390. The number of methoxy groups -OCH3 is 1. The van der Waals surface area contributed by atoms with Gasteiger partial charge in [-0.15, -0.1) is 0 Å². The first-order valence-corrected chi connectivity index (χ1v) is 8.17. The molecular weight excluding hydrogens is 350 g/mol. The Bertz CT molecular complexity index is 588. The number of esters is 1. The van der Waals surface area contributed by atoms with Crippen molar-refractivity contribution >= 4 is 27.8 Å². The van der Waals surface area contributed by atoms with Gasteiger partial charge in [-0.05, 0) is 24.1 Å². The topological polar surface area (TPSA) is 55.8 Å². The molecule has 3 rings (SSSR count). The molecule has 1 heterocycles. The van der Waals surface area contributed by atoms with Crippen LogP contribution in [0.4, 0.5) is 0 Å². The number of hydrogen-bond donors (Lipinski definition) is 0. The molecule has 2 fully saturated rings. The fourth-order valence-corrected chi connectivity index (χ4v) is 4.44. The van der Waals surface area contributed by atoms with Crippen molar-refractivity contribution in [3.05, 3.63) is 29.8 Å². The van der Waals surface area contributed by atoms with E-state index in [0.29, 0.717) is 13.0 Å². The molecule has 2 bridgehead atoms. The number of ether oxygens (including phenoxy) is 2. The Morgan fingerprint density at radius 2 is 2.05 bits per heavy atom. The summed E-state index contributed by atoms with van der Waals surface area (Å²) in [7, 11) is 1.62. The van der Waals surface area contributed by atoms with Gasteiger partial charge in [-0.3, -0.25) is 9.59 Å². The van der Waals surface area contributed by atoms with Gasteiger partial charge in [0.2, 0.25) is 5.91 Å². The number of carbonyl (C=O) groups excluding carboxylic acids is 2. The number of carbonyl (C=O) groups is 2. The molecule has 0 radical (unpaired) electrons. The minimum absolute atomic E-state index is 0.0441. The summed E-state index contributed by atoms with van der Waals surface area (Å²) in [5.41, 5.74) is 1.03. The minimum Gasteiger partial charge on any atom is -0.497 e. The second-order valence-corrected chi connectivity index (χ2v) is 6.80. The molecule has 0 N–H and O–H groups in total. The smallest absolute Gasteiger partial charge is 0.302 e. The third-order valence-electron chi connectivity index (χ3n) is 4.37. The summed E-state index contributed by atoms with van der Waals surface area (Å²) in [5, 5.41) is 0. The van der Waals surface area contributed by atoms with E-state index in [0.717, 1.165) is 11.3 Å². The molecule has 1 saturated heterocycles. The van der Waals surface area contributed by atoms with Crippen molar-refractivity contribution in [3.63, 3.8) is 0 Å². The van der Waals surface area contributed by atoms with Crippen LogP contribution in [0.1, 0.15) is 18.9 Å². The SMILES string of the molecule is COc1ccc(CN2C(=O)[C@@H]3C[C@@H](OC(C)=O)[C@H]2[C@H]3Br)cc1. The highest BCUT2D eigenvalue weighted by Crippen LogP contribution is 2.45. The average molecular weight is 368 g/mol. The highest BCUT2D eigenvalue weighted by Gasteiger charge is 2.58. The van der Waals surface area contributed by atoms with Gasteiger partial charge < -0.3 is 14.4 Å². The van der Waals surface area contributed by atoms with Gasteiger partial charge in [-0.2, -0.15) is 0 Å². The zero-order chi connectivity index (χ0) is 15.9. The molecule has 1 amide bonds. The molecule has 1 aromatic carbocycles. The molecule has 4 atom stereocenters. The van der Waals surface area contributed by atoms with E-state index in [-0.39, 0.29) is 34.8 Å². The number of amides is 1. The fourth-order valence-electron chi connectivity index (χ4n) is 3.37. The van der Waals surface area contributed by atoms with Crippen LogP contribution in [-0.2, 0) is 20.9 Å². The lowest BCUT2D eigenvalue weighted by Crippen LogP contribution is -2.46. The monoisotopic (exact) mass is 367 g/mol. The zero-order valence-electron chi connectivity index (χ0n) is 12.5. The summed E-state index contributed by atoms with van der Waals surface area (Å²) in [6.45, 7) is 1.93. The molecule has 1 aliphatic heterocycles. The maximum absolute atomic E-state index is 12.5. The summed E-state index contributed by atoms with van der Waals surface area (Å²) < 4.78 is 10.5. The van der Waals surface area contributed by atoms with Crippen LogP contribution in [-0.4, -0.2) is 40.9 Å². The molecular formula is C16H18BrNO4. The van der Waals surface area contributed by atoms with Gasteiger partial charge in [-0.1, -0.05) is 28.1 Å². The maximum atomic E-state index is 12.5. The van der Waals surface area contributed by atoms with Crippen LogP contribution in [0.25, 0.3) is 0 Å². The predicted octanol–water partition coefficient (Wildman–Crippen LogP) is 2.12. The van der Waals surface area contributed by atoms with Crippen molar-refractivity contribution in [2.45, 2.75) is 36.9 Å². The number of fused-ring (bicyclic) bond motifs is 2. The van der Waals surface area contributed by atoms with Crippen molar-refractivity contribution in [1.29, 1.82) is 0 Å². The van der Waals surface area contributed by atoms with E-state index in [1.54, 1.807) is 7.11 Å². The van der Waals surface area contributed by atoms with E-state index in [4.69, 9.17) is 9.47 Å². The molecule has 0 unspecified atom stereocenters. The highest BCUT2D eigenvalue weighted by molar-refractivity contribution is 9.09. The van der Waals surface area contributed by atoms with Crippen LogP contribution >= 0.6 is 15.9 Å². The Morgan fingerprint density at radius 1 is 1.36 bits per heavy atom. The number of nitrogens with zero attached hydrogens (tertiary/aromatic N) is 1. The Morgan fingerprint density at radius 3 is 2.59 bits per heavy atom. The largest absolute Gasteiger partial charge is 0.497 e. The highest BCUT2D eigenvalue weighted by atomic mass is 79.9. The zero-order valence-corrected chi connectivity index (χ0v) is 14.1. The number of alkyl halides is 1. The standard InChI is InChI=1S/C16H18BrNO4/c1-9(19)22-13-7-12-14(17)15(13)18(16(12)20)8-10-3-5-11(21-2)6-4-10/h3-6,12-15H,7-8H2,1-2H3/t12-,13-,14+,15+/m1/s1. The Kier molecular flexibility index (Phi) is 4.12. The van der Waals surface area contributed by atoms with E-state index < -0.39 is 0 Å². The minimum atomic E-state index is -0.297. The summed E-state index contributed by atoms with van der Waals surface area (Å²) in [5.74, 6) is 0.516. The van der Waals surface area contributed by atoms with Crippen molar-refractivity contribution in [2.75, 3.05) is 7.11 Å². The number of halogens is 1. The van der Waals surface area contributed by atoms with Crippen molar-refractivity contribution in [3.8, 4) is 5.75 Å². The maximum Gasteiger partial charge on any atom is 0.302 e. The molecule has 118 valence electrons. The molecule has 1 saturated carbocycles. The summed E-state index contributed by atoms with van der Waals surface area (Å²) in [4.78, 5) is 25.6. The summed E-state index contributed by atoms with van der Waals surface area (Å²) in [6, 6.07) is 7.56. The first-order chi connectivity index (χ1) is 10.5. The van der Waals surface area contributed by atoms with E-state index >= 15 is 0 Å². The van der Waals surface area contributed by atoms with Crippen LogP contribution in [0.2, 0.25) is 0 Å². The molecule has 1 aliphatic carbocycles. The first-order valence-electron chi connectivity index (χ1n) is 7.26. The van der Waals surface area contributed by atoms with Crippen LogP contribution in [0, 0.1) is 5.92 Å². The van der Waals surface area contributed by atoms with Crippen LogP contribution in [0.5, 0.6) is 5.75 Å². The van der Waals surface area contributed by atoms with Gasteiger partial charge in [0.25, 0.3) is 0 Å². The van der Waals surface area contributed by atoms with Gasteiger partial charge >= 0.3 is 5.97 Å². The second kappa shape index (κ2) is 5.91. The second-order valence-electron chi connectivity index (χ2n) is 5.74. The van der Waals surface area contributed by atoms with Crippen molar-refractivity contribution in [1.82, 2.24) is 4.90 Å². The van der Waals surface area contributed by atoms with Crippen LogP contribution < -0.4 is 4.74 Å². The number of rotatable bonds is 4. The van der Waals surface area contributed by atoms with Gasteiger partial charge in [0.1, 0.15) is 11.9 Å². The average Bonchev–Trinajstić information content (AvgIpc) is 2.90. The van der Waals surface area contributed by atoms with Crippen LogP contribution in [0.15, 0.2) is 24.3 Å². The van der Waals surface area contributed by atoms with Crippen molar-refractivity contribution < 1.29 is 19.1 Å². The lowest BCUT2D eigenvalue weighted by Gasteiger charge is -2.32. The molecule has 22 heavy (non-hydrogen) atoms. The quantitative estimate of drug-likeness (QED) is 0.604. The molecule has 1 aromatic rings. The van der Waals surface area contributed by atoms with E-state index in [2.05, 4.69) is 15.9 Å². The number of benzene rings is 1. The van der Waals surface area contributed by atoms with Crippen molar-refractivity contribution in [2.24, 2.45) is 5.92 Å². The number of piperidine rings is 1. The third kappa shape index (κ3) is 2.60. The van der Waals surface area contributed by atoms with E-state index in [9.17, 15) is 9.59 Å². The van der Waals surface area contributed by atoms with E-state index in [1.807, 2.05) is 29.2 Å². The third-order valence-corrected chi connectivity index (χ3v) is 5.55. The van der Waals surface area contributed by atoms with Gasteiger partial charge in [0.05, 0.1) is 23.9 Å². The molecule has 0 aromatic heterocycles. The molecule has 0 spiro atoms. The molecule has 2 aliphatic rings. The van der Waals surface area contributed by atoms with E-state index in [1.165, 1.54) is 6.92 Å². The lowest BCUT2D eigenvalue weighted by atomic mass is 10.1. The Balaban J connectivity index is 1.77. The number of likely N-dealkylation sites (tertiary alicyclic amines) is 1. The normalized spacial score (nSPS) is 29.8. The molecule has 5 nitrogen and oxygen atoms in total.